The highest BCUT2D eigenvalue weighted by molar-refractivity contribution is 6.35. The fraction of sp³-hybridized carbons (Fsp3) is 0.391. The van der Waals surface area contributed by atoms with Gasteiger partial charge in [0.15, 0.2) is 5.65 Å². The summed E-state index contributed by atoms with van der Waals surface area (Å²) in [6, 6.07) is 3.16. The summed E-state index contributed by atoms with van der Waals surface area (Å²) >= 11 is 6.49. The van der Waals surface area contributed by atoms with Crippen molar-refractivity contribution in [3.05, 3.63) is 46.9 Å². The number of nitrogens with one attached hydrogen (secondary N) is 1. The van der Waals surface area contributed by atoms with Crippen molar-refractivity contribution in [2.45, 2.75) is 39.2 Å². The van der Waals surface area contributed by atoms with Crippen LogP contribution in [0.15, 0.2) is 30.7 Å². The van der Waals surface area contributed by atoms with Crippen molar-refractivity contribution in [1.29, 1.82) is 0 Å². The second-order valence-electron chi connectivity index (χ2n) is 8.42. The Morgan fingerprint density at radius 3 is 2.88 bits per heavy atom. The number of anilines is 1. The fourth-order valence-electron chi connectivity index (χ4n) is 4.45. The number of hydrogen-bond acceptors (Lipinski definition) is 7. The average Bonchev–Trinajstić information content (AvgIpc) is 3.52. The van der Waals surface area contributed by atoms with Crippen LogP contribution < -0.4 is 15.5 Å². The van der Waals surface area contributed by atoms with Gasteiger partial charge in [-0.15, -0.1) is 0 Å². The van der Waals surface area contributed by atoms with E-state index >= 15 is 0 Å². The van der Waals surface area contributed by atoms with E-state index in [4.69, 9.17) is 27.2 Å². The quantitative estimate of drug-likeness (QED) is 0.244. The smallest absolute Gasteiger partial charge is 0.273 e. The molecule has 4 heterocycles. The standard InChI is InChI=1S/C23H27ClN8O2/c1-3-34-21-15(11-18(24)16-12-26-29-20(16)21)14(2)32(25)23(33)17-13-27-31-10-7-19(28-22(17)31)30-8-5-4-6-9-30/h7,10-14H,3-6,8-9,25H2,1-2H3,(H,26,29). The van der Waals surface area contributed by atoms with E-state index < -0.39 is 11.9 Å². The first-order chi connectivity index (χ1) is 16.5. The normalized spacial score (nSPS) is 15.1. The molecular weight excluding hydrogens is 456 g/mol. The first-order valence-electron chi connectivity index (χ1n) is 11.5. The molecule has 1 unspecified atom stereocenters. The Balaban J connectivity index is 1.49. The Labute approximate surface area is 201 Å². The van der Waals surface area contributed by atoms with E-state index in [1.54, 1.807) is 16.8 Å². The number of ether oxygens (including phenoxy) is 1. The second kappa shape index (κ2) is 9.11. The predicted molar refractivity (Wildman–Crippen MR) is 130 cm³/mol. The Bertz CT molecular complexity index is 1340. The van der Waals surface area contributed by atoms with E-state index in [0.717, 1.165) is 37.1 Å². The van der Waals surface area contributed by atoms with Gasteiger partial charge in [0.05, 0.1) is 30.1 Å². The molecule has 0 bridgehead atoms. The summed E-state index contributed by atoms with van der Waals surface area (Å²) in [6.07, 6.45) is 8.48. The maximum absolute atomic E-state index is 13.5. The molecule has 11 heteroatoms. The molecule has 34 heavy (non-hydrogen) atoms. The number of halogens is 1. The van der Waals surface area contributed by atoms with E-state index in [1.807, 2.05) is 26.1 Å². The number of nitrogens with zero attached hydrogens (tertiary/aromatic N) is 6. The average molecular weight is 483 g/mol. The van der Waals surface area contributed by atoms with Gasteiger partial charge in [0.25, 0.3) is 5.91 Å². The molecule has 5 rings (SSSR count). The van der Waals surface area contributed by atoms with Gasteiger partial charge in [-0.25, -0.2) is 15.3 Å². The zero-order chi connectivity index (χ0) is 23.8. The molecule has 0 radical (unpaired) electrons. The third kappa shape index (κ3) is 3.82. The van der Waals surface area contributed by atoms with Gasteiger partial charge in [-0.3, -0.25) is 14.9 Å². The molecule has 3 N–H and O–H groups in total. The zero-order valence-electron chi connectivity index (χ0n) is 19.2. The monoisotopic (exact) mass is 482 g/mol. The molecule has 1 aromatic carbocycles. The van der Waals surface area contributed by atoms with Crippen molar-refractivity contribution < 1.29 is 9.53 Å². The van der Waals surface area contributed by atoms with Crippen molar-refractivity contribution in [3.8, 4) is 5.75 Å². The lowest BCUT2D eigenvalue weighted by Gasteiger charge is -2.28. The number of benzene rings is 1. The van der Waals surface area contributed by atoms with Crippen LogP contribution in [0, 0.1) is 0 Å². The highest BCUT2D eigenvalue weighted by Gasteiger charge is 2.28. The fourth-order valence-corrected chi connectivity index (χ4v) is 4.71. The van der Waals surface area contributed by atoms with E-state index in [9.17, 15) is 4.79 Å². The first-order valence-corrected chi connectivity index (χ1v) is 11.8. The number of amides is 1. The third-order valence-corrected chi connectivity index (χ3v) is 6.64. The minimum Gasteiger partial charge on any atom is -0.491 e. The molecule has 4 aromatic rings. The molecule has 1 fully saturated rings. The Morgan fingerprint density at radius 2 is 2.12 bits per heavy atom. The van der Waals surface area contributed by atoms with Crippen LogP contribution >= 0.6 is 11.6 Å². The highest BCUT2D eigenvalue weighted by atomic mass is 35.5. The van der Waals surface area contributed by atoms with E-state index in [0.29, 0.717) is 39.7 Å². The predicted octanol–water partition coefficient (Wildman–Crippen LogP) is 3.73. The lowest BCUT2D eigenvalue weighted by atomic mass is 10.0. The van der Waals surface area contributed by atoms with E-state index in [-0.39, 0.29) is 0 Å². The molecule has 0 spiro atoms. The molecule has 178 valence electrons. The van der Waals surface area contributed by atoms with Crippen LogP contribution in [0.5, 0.6) is 5.75 Å². The number of carbonyl (C=O) groups is 1. The third-order valence-electron chi connectivity index (χ3n) is 6.32. The largest absolute Gasteiger partial charge is 0.491 e. The van der Waals surface area contributed by atoms with Crippen LogP contribution in [0.2, 0.25) is 5.02 Å². The number of aromatic amines is 1. The maximum atomic E-state index is 13.5. The summed E-state index contributed by atoms with van der Waals surface area (Å²) in [5.41, 5.74) is 2.15. The zero-order valence-corrected chi connectivity index (χ0v) is 19.9. The number of H-pyrrole nitrogens is 1. The molecule has 1 aliphatic heterocycles. The number of hydrogen-bond donors (Lipinski definition) is 2. The second-order valence-corrected chi connectivity index (χ2v) is 8.82. The van der Waals surface area contributed by atoms with Crippen molar-refractivity contribution in [3.63, 3.8) is 0 Å². The van der Waals surface area contributed by atoms with Gasteiger partial charge in [0.2, 0.25) is 0 Å². The van der Waals surface area contributed by atoms with Gasteiger partial charge in [0.1, 0.15) is 22.6 Å². The molecule has 1 amide bonds. The van der Waals surface area contributed by atoms with Crippen LogP contribution in [0.25, 0.3) is 16.6 Å². The number of fused-ring (bicyclic) bond motifs is 2. The SMILES string of the molecule is CCOc1c(C(C)N(N)C(=O)c2cnn3ccc(N4CCCCC4)nc23)cc(Cl)c2cn[nH]c12. The minimum absolute atomic E-state index is 0.333. The summed E-state index contributed by atoms with van der Waals surface area (Å²) in [4.78, 5) is 20.5. The van der Waals surface area contributed by atoms with Gasteiger partial charge in [-0.1, -0.05) is 11.6 Å². The van der Waals surface area contributed by atoms with Gasteiger partial charge in [-0.05, 0) is 45.2 Å². The van der Waals surface area contributed by atoms with Crippen molar-refractivity contribution >= 4 is 39.9 Å². The van der Waals surface area contributed by atoms with Gasteiger partial charge in [-0.2, -0.15) is 10.2 Å². The lowest BCUT2D eigenvalue weighted by Crippen LogP contribution is -2.39. The summed E-state index contributed by atoms with van der Waals surface area (Å²) in [5.74, 6) is 7.39. The molecule has 0 aliphatic carbocycles. The summed E-state index contributed by atoms with van der Waals surface area (Å²) in [7, 11) is 0. The number of piperidine rings is 1. The van der Waals surface area contributed by atoms with Crippen LogP contribution in [-0.4, -0.2) is 55.4 Å². The Kier molecular flexibility index (Phi) is 6.01. The highest BCUT2D eigenvalue weighted by Crippen LogP contribution is 2.38. The van der Waals surface area contributed by atoms with Crippen LogP contribution in [0.4, 0.5) is 5.82 Å². The summed E-state index contributed by atoms with van der Waals surface area (Å²) in [5, 5.41) is 13.7. The lowest BCUT2D eigenvalue weighted by molar-refractivity contribution is 0.0690. The number of carbonyl (C=O) groups excluding carboxylic acids is 1. The molecule has 1 aliphatic rings. The first kappa shape index (κ1) is 22.4. The topological polar surface area (TPSA) is 118 Å². The maximum Gasteiger partial charge on any atom is 0.273 e. The van der Waals surface area contributed by atoms with Crippen LogP contribution in [-0.2, 0) is 0 Å². The Hall–Kier alpha value is -3.37. The van der Waals surface area contributed by atoms with Crippen molar-refractivity contribution in [2.75, 3.05) is 24.6 Å². The molecular formula is C23H27ClN8O2. The molecule has 1 atom stereocenters. The minimum atomic E-state index is -0.542. The van der Waals surface area contributed by atoms with E-state index in [2.05, 4.69) is 20.2 Å². The molecule has 0 saturated carbocycles. The number of aromatic nitrogens is 5. The number of nitrogens with two attached hydrogens (primary N) is 1. The van der Waals surface area contributed by atoms with Crippen LogP contribution in [0.3, 0.4) is 0 Å². The molecule has 10 nitrogen and oxygen atoms in total. The number of hydrazine groups is 1. The van der Waals surface area contributed by atoms with Gasteiger partial charge < -0.3 is 9.64 Å². The molecule has 1 saturated heterocycles. The summed E-state index contributed by atoms with van der Waals surface area (Å²) < 4.78 is 7.50. The van der Waals surface area contributed by atoms with Gasteiger partial charge >= 0.3 is 0 Å². The molecule has 3 aromatic heterocycles. The van der Waals surface area contributed by atoms with Crippen LogP contribution in [0.1, 0.15) is 55.1 Å². The van der Waals surface area contributed by atoms with Crippen molar-refractivity contribution in [2.24, 2.45) is 5.84 Å². The Morgan fingerprint density at radius 1 is 1.32 bits per heavy atom. The number of rotatable bonds is 6. The van der Waals surface area contributed by atoms with E-state index in [1.165, 1.54) is 17.6 Å². The van der Waals surface area contributed by atoms with Crippen molar-refractivity contribution in [1.82, 2.24) is 29.8 Å². The summed E-state index contributed by atoms with van der Waals surface area (Å²) in [6.45, 7) is 6.06. The van der Waals surface area contributed by atoms with Gasteiger partial charge in [0, 0.05) is 30.2 Å².